The number of nitrogens with zero attached hydrogens (tertiary/aromatic N) is 1. The molecule has 82 valence electrons. The average molecular weight is 235 g/mol. The van der Waals surface area contributed by atoms with E-state index in [-0.39, 0.29) is 0 Å². The van der Waals surface area contributed by atoms with Gasteiger partial charge in [0.2, 0.25) is 0 Å². The van der Waals surface area contributed by atoms with Gasteiger partial charge in [-0.1, -0.05) is 11.6 Å². The molecular formula is C12H11ClN2O. The van der Waals surface area contributed by atoms with Crippen LogP contribution in [0.4, 0.5) is 5.69 Å². The van der Waals surface area contributed by atoms with Gasteiger partial charge in [0, 0.05) is 23.0 Å². The van der Waals surface area contributed by atoms with Crippen LogP contribution in [0, 0.1) is 6.92 Å². The topological polar surface area (TPSA) is 48.1 Å². The molecule has 1 heterocycles. The normalized spacial score (nSPS) is 10.1. The Labute approximate surface area is 98.8 Å². The molecule has 0 spiro atoms. The number of aryl methyl sites for hydroxylation is 1. The zero-order valence-electron chi connectivity index (χ0n) is 8.77. The lowest BCUT2D eigenvalue weighted by Gasteiger charge is -2.08. The Bertz CT molecular complexity index is 514. The number of nitrogen functional groups attached to an aromatic ring is 1. The predicted molar refractivity (Wildman–Crippen MR) is 64.9 cm³/mol. The van der Waals surface area contributed by atoms with Gasteiger partial charge >= 0.3 is 0 Å². The van der Waals surface area contributed by atoms with Gasteiger partial charge in [-0.25, -0.2) is 0 Å². The fraction of sp³-hybridized carbons (Fsp3) is 0.0833. The molecular weight excluding hydrogens is 224 g/mol. The van der Waals surface area contributed by atoms with Crippen molar-refractivity contribution in [2.45, 2.75) is 6.92 Å². The highest BCUT2D eigenvalue weighted by atomic mass is 35.5. The summed E-state index contributed by atoms with van der Waals surface area (Å²) in [4.78, 5) is 4.09. The van der Waals surface area contributed by atoms with Crippen LogP contribution in [-0.4, -0.2) is 4.98 Å². The Morgan fingerprint density at radius 2 is 2.06 bits per heavy atom. The van der Waals surface area contributed by atoms with Gasteiger partial charge in [-0.2, -0.15) is 0 Å². The summed E-state index contributed by atoms with van der Waals surface area (Å²) in [5.41, 5.74) is 7.19. The summed E-state index contributed by atoms with van der Waals surface area (Å²) >= 11 is 5.80. The molecule has 2 rings (SSSR count). The van der Waals surface area contributed by atoms with Crippen LogP contribution in [-0.2, 0) is 0 Å². The van der Waals surface area contributed by atoms with Crippen molar-refractivity contribution in [1.29, 1.82) is 0 Å². The highest BCUT2D eigenvalue weighted by Gasteiger charge is 2.03. The lowest BCUT2D eigenvalue weighted by molar-refractivity contribution is 0.484. The quantitative estimate of drug-likeness (QED) is 0.810. The maximum absolute atomic E-state index is 5.80. The first-order chi connectivity index (χ1) is 7.65. The summed E-state index contributed by atoms with van der Waals surface area (Å²) in [6.45, 7) is 1.90. The molecule has 0 unspecified atom stereocenters. The summed E-state index contributed by atoms with van der Waals surface area (Å²) in [6.07, 6.45) is 1.69. The fourth-order valence-corrected chi connectivity index (χ4v) is 1.50. The van der Waals surface area contributed by atoms with Gasteiger partial charge in [-0.3, -0.25) is 4.98 Å². The van der Waals surface area contributed by atoms with E-state index in [9.17, 15) is 0 Å². The van der Waals surface area contributed by atoms with E-state index in [1.54, 1.807) is 30.5 Å². The first-order valence-electron chi connectivity index (χ1n) is 4.81. The summed E-state index contributed by atoms with van der Waals surface area (Å²) in [5, 5.41) is 0.593. The van der Waals surface area contributed by atoms with Crippen molar-refractivity contribution in [3.8, 4) is 11.5 Å². The third-order valence-corrected chi connectivity index (χ3v) is 2.30. The zero-order valence-corrected chi connectivity index (χ0v) is 9.53. The Balaban J connectivity index is 2.27. The first kappa shape index (κ1) is 10.8. The molecule has 0 aliphatic heterocycles. The number of aromatic nitrogens is 1. The molecule has 16 heavy (non-hydrogen) atoms. The zero-order chi connectivity index (χ0) is 11.5. The molecule has 0 amide bonds. The number of anilines is 1. The Morgan fingerprint density at radius 1 is 1.25 bits per heavy atom. The van der Waals surface area contributed by atoms with Gasteiger partial charge in [-0.05, 0) is 31.2 Å². The molecule has 4 heteroatoms. The SMILES string of the molecule is Cc1cc(Oc2ccc(Cl)cc2N)ccn1. The number of hydrogen-bond donors (Lipinski definition) is 1. The number of ether oxygens (including phenoxy) is 1. The van der Waals surface area contributed by atoms with Crippen LogP contribution in [0.15, 0.2) is 36.5 Å². The van der Waals surface area contributed by atoms with E-state index in [2.05, 4.69) is 4.98 Å². The van der Waals surface area contributed by atoms with E-state index in [4.69, 9.17) is 22.1 Å². The Hall–Kier alpha value is -1.74. The molecule has 0 saturated carbocycles. The van der Waals surface area contributed by atoms with Gasteiger partial charge in [0.15, 0.2) is 0 Å². The van der Waals surface area contributed by atoms with E-state index in [1.165, 1.54) is 0 Å². The van der Waals surface area contributed by atoms with Crippen LogP contribution >= 0.6 is 11.6 Å². The maximum Gasteiger partial charge on any atom is 0.150 e. The molecule has 3 nitrogen and oxygen atoms in total. The van der Waals surface area contributed by atoms with Crippen LogP contribution < -0.4 is 10.5 Å². The van der Waals surface area contributed by atoms with Crippen LogP contribution in [0.2, 0.25) is 5.02 Å². The molecule has 1 aromatic carbocycles. The van der Waals surface area contributed by atoms with Crippen LogP contribution in [0.25, 0.3) is 0 Å². The second-order valence-corrected chi connectivity index (χ2v) is 3.85. The smallest absolute Gasteiger partial charge is 0.150 e. The van der Waals surface area contributed by atoms with E-state index >= 15 is 0 Å². The van der Waals surface area contributed by atoms with Crippen molar-refractivity contribution < 1.29 is 4.74 Å². The van der Waals surface area contributed by atoms with Gasteiger partial charge in [0.05, 0.1) is 5.69 Å². The number of nitrogens with two attached hydrogens (primary N) is 1. The van der Waals surface area contributed by atoms with Gasteiger partial charge in [0.25, 0.3) is 0 Å². The minimum atomic E-state index is 0.516. The van der Waals surface area contributed by atoms with Crippen molar-refractivity contribution in [2.75, 3.05) is 5.73 Å². The maximum atomic E-state index is 5.80. The molecule has 0 saturated heterocycles. The molecule has 0 aliphatic carbocycles. The second-order valence-electron chi connectivity index (χ2n) is 3.42. The summed E-state index contributed by atoms with van der Waals surface area (Å²) in [7, 11) is 0. The highest BCUT2D eigenvalue weighted by molar-refractivity contribution is 6.30. The van der Waals surface area contributed by atoms with E-state index in [1.807, 2.05) is 13.0 Å². The number of benzene rings is 1. The molecule has 0 aliphatic rings. The van der Waals surface area contributed by atoms with Gasteiger partial charge < -0.3 is 10.5 Å². The van der Waals surface area contributed by atoms with Crippen molar-refractivity contribution in [3.05, 3.63) is 47.2 Å². The Morgan fingerprint density at radius 3 is 2.75 bits per heavy atom. The van der Waals surface area contributed by atoms with Crippen LogP contribution in [0.5, 0.6) is 11.5 Å². The average Bonchev–Trinajstić information content (AvgIpc) is 2.22. The van der Waals surface area contributed by atoms with Gasteiger partial charge in [-0.15, -0.1) is 0 Å². The number of hydrogen-bond acceptors (Lipinski definition) is 3. The third-order valence-electron chi connectivity index (χ3n) is 2.07. The second kappa shape index (κ2) is 4.41. The molecule has 0 fully saturated rings. The minimum absolute atomic E-state index is 0.516. The Kier molecular flexibility index (Phi) is 2.97. The summed E-state index contributed by atoms with van der Waals surface area (Å²) in [6, 6.07) is 8.76. The van der Waals surface area contributed by atoms with Crippen molar-refractivity contribution in [1.82, 2.24) is 4.98 Å². The third kappa shape index (κ3) is 2.44. The summed E-state index contributed by atoms with van der Waals surface area (Å²) in [5.74, 6) is 1.30. The van der Waals surface area contributed by atoms with Crippen molar-refractivity contribution in [3.63, 3.8) is 0 Å². The molecule has 2 N–H and O–H groups in total. The highest BCUT2D eigenvalue weighted by Crippen LogP contribution is 2.29. The standard InChI is InChI=1S/C12H11ClN2O/c1-8-6-10(4-5-15-8)16-12-3-2-9(13)7-11(12)14/h2-7H,14H2,1H3. The predicted octanol–water partition coefficient (Wildman–Crippen LogP) is 3.42. The van der Waals surface area contributed by atoms with Crippen molar-refractivity contribution >= 4 is 17.3 Å². The molecule has 2 aromatic rings. The molecule has 0 bridgehead atoms. The number of halogens is 1. The van der Waals surface area contributed by atoms with Crippen molar-refractivity contribution in [2.24, 2.45) is 0 Å². The first-order valence-corrected chi connectivity index (χ1v) is 5.18. The van der Waals surface area contributed by atoms with Gasteiger partial charge in [0.1, 0.15) is 11.5 Å². The summed E-state index contributed by atoms with van der Waals surface area (Å²) < 4.78 is 5.62. The molecule has 0 atom stereocenters. The minimum Gasteiger partial charge on any atom is -0.455 e. The van der Waals surface area contributed by atoms with Crippen LogP contribution in [0.1, 0.15) is 5.69 Å². The molecule has 1 aromatic heterocycles. The largest absolute Gasteiger partial charge is 0.455 e. The van der Waals surface area contributed by atoms with E-state index < -0.39 is 0 Å². The monoisotopic (exact) mass is 234 g/mol. The van der Waals surface area contributed by atoms with E-state index in [0.29, 0.717) is 22.2 Å². The number of pyridine rings is 1. The fourth-order valence-electron chi connectivity index (χ4n) is 1.32. The molecule has 0 radical (unpaired) electrons. The lowest BCUT2D eigenvalue weighted by Crippen LogP contribution is -1.92. The van der Waals surface area contributed by atoms with E-state index in [0.717, 1.165) is 5.69 Å². The number of rotatable bonds is 2. The lowest BCUT2D eigenvalue weighted by atomic mass is 10.3. The van der Waals surface area contributed by atoms with Crippen LogP contribution in [0.3, 0.4) is 0 Å².